The summed E-state index contributed by atoms with van der Waals surface area (Å²) in [5.74, 6) is -1.82. The Morgan fingerprint density at radius 2 is 2.14 bits per heavy atom. The van der Waals surface area contributed by atoms with Gasteiger partial charge >= 0.3 is 6.18 Å². The summed E-state index contributed by atoms with van der Waals surface area (Å²) in [6, 6.07) is 4.93. The number of hydrogen-bond acceptors (Lipinski definition) is 3. The number of halogens is 3. The van der Waals surface area contributed by atoms with Crippen molar-refractivity contribution in [3.63, 3.8) is 0 Å². The SMILES string of the molecule is Cc1ccc(SCC(F)(F)F)c(NC(=O)C2CCCC2O)c1. The van der Waals surface area contributed by atoms with Crippen LogP contribution >= 0.6 is 11.8 Å². The number of carbonyl (C=O) groups excluding carboxylic acids is 1. The first-order valence-electron chi connectivity index (χ1n) is 7.05. The summed E-state index contributed by atoms with van der Waals surface area (Å²) in [5.41, 5.74) is 1.22. The van der Waals surface area contributed by atoms with E-state index >= 15 is 0 Å². The molecule has 2 atom stereocenters. The third-order valence-electron chi connectivity index (χ3n) is 3.60. The van der Waals surface area contributed by atoms with Crippen molar-refractivity contribution in [3.8, 4) is 0 Å². The van der Waals surface area contributed by atoms with Crippen LogP contribution in [-0.4, -0.2) is 29.0 Å². The Morgan fingerprint density at radius 1 is 1.41 bits per heavy atom. The van der Waals surface area contributed by atoms with Crippen molar-refractivity contribution < 1.29 is 23.1 Å². The van der Waals surface area contributed by atoms with Crippen molar-refractivity contribution in [2.45, 2.75) is 43.4 Å². The second kappa shape index (κ2) is 6.91. The van der Waals surface area contributed by atoms with Gasteiger partial charge in [0.15, 0.2) is 0 Å². The van der Waals surface area contributed by atoms with Crippen LogP contribution < -0.4 is 5.32 Å². The minimum absolute atomic E-state index is 0.329. The maximum Gasteiger partial charge on any atom is 0.398 e. The Morgan fingerprint density at radius 3 is 2.73 bits per heavy atom. The summed E-state index contributed by atoms with van der Waals surface area (Å²) in [6.45, 7) is 1.80. The van der Waals surface area contributed by atoms with Gasteiger partial charge in [0, 0.05) is 4.90 Å². The molecule has 1 aliphatic rings. The van der Waals surface area contributed by atoms with Crippen LogP contribution in [0.1, 0.15) is 24.8 Å². The van der Waals surface area contributed by atoms with E-state index in [4.69, 9.17) is 0 Å². The molecule has 0 aromatic heterocycles. The monoisotopic (exact) mass is 333 g/mol. The number of carbonyl (C=O) groups is 1. The first kappa shape index (κ1) is 17.1. The highest BCUT2D eigenvalue weighted by Gasteiger charge is 2.32. The number of alkyl halides is 3. The number of anilines is 1. The fourth-order valence-corrected chi connectivity index (χ4v) is 3.25. The van der Waals surface area contributed by atoms with Crippen molar-refractivity contribution in [1.82, 2.24) is 0 Å². The van der Waals surface area contributed by atoms with Crippen LogP contribution in [0.4, 0.5) is 18.9 Å². The number of aliphatic hydroxyl groups is 1. The molecule has 2 N–H and O–H groups in total. The third-order valence-corrected chi connectivity index (χ3v) is 4.74. The fraction of sp³-hybridized carbons (Fsp3) is 0.533. The molecule has 1 amide bonds. The molecule has 122 valence electrons. The number of nitrogens with one attached hydrogen (secondary N) is 1. The van der Waals surface area contributed by atoms with Crippen LogP contribution in [0.5, 0.6) is 0 Å². The number of rotatable bonds is 4. The summed E-state index contributed by atoms with van der Waals surface area (Å²) in [4.78, 5) is 12.6. The fourth-order valence-electron chi connectivity index (χ4n) is 2.50. The first-order chi connectivity index (χ1) is 10.3. The van der Waals surface area contributed by atoms with Crippen LogP contribution in [0.15, 0.2) is 23.1 Å². The van der Waals surface area contributed by atoms with Gasteiger partial charge in [-0.2, -0.15) is 13.2 Å². The second-order valence-corrected chi connectivity index (χ2v) is 6.51. The number of aryl methyl sites for hydroxylation is 1. The number of amides is 1. The Hall–Kier alpha value is -1.21. The predicted octanol–water partition coefficient (Wildman–Crippen LogP) is 3.75. The van der Waals surface area contributed by atoms with Gasteiger partial charge in [-0.05, 0) is 43.9 Å². The molecule has 0 radical (unpaired) electrons. The highest BCUT2D eigenvalue weighted by molar-refractivity contribution is 7.99. The number of benzene rings is 1. The van der Waals surface area contributed by atoms with E-state index in [1.807, 2.05) is 0 Å². The zero-order valence-electron chi connectivity index (χ0n) is 12.1. The van der Waals surface area contributed by atoms with Crippen LogP contribution in [-0.2, 0) is 4.79 Å². The van der Waals surface area contributed by atoms with Gasteiger partial charge in [-0.15, -0.1) is 11.8 Å². The number of aliphatic hydroxyl groups excluding tert-OH is 1. The minimum atomic E-state index is -4.27. The normalized spacial score (nSPS) is 21.9. The summed E-state index contributed by atoms with van der Waals surface area (Å²) in [6.07, 6.45) is -2.97. The molecule has 0 saturated heterocycles. The van der Waals surface area contributed by atoms with Crippen molar-refractivity contribution >= 4 is 23.4 Å². The van der Waals surface area contributed by atoms with Gasteiger partial charge < -0.3 is 10.4 Å². The van der Waals surface area contributed by atoms with E-state index in [-0.39, 0.29) is 5.91 Å². The van der Waals surface area contributed by atoms with E-state index in [2.05, 4.69) is 5.32 Å². The van der Waals surface area contributed by atoms with Crippen molar-refractivity contribution in [2.75, 3.05) is 11.1 Å². The van der Waals surface area contributed by atoms with Gasteiger partial charge in [0.05, 0.1) is 23.5 Å². The number of thioether (sulfide) groups is 1. The largest absolute Gasteiger partial charge is 0.398 e. The molecule has 2 rings (SSSR count). The van der Waals surface area contributed by atoms with E-state index < -0.39 is 24.0 Å². The van der Waals surface area contributed by atoms with Crippen molar-refractivity contribution in [1.29, 1.82) is 0 Å². The lowest BCUT2D eigenvalue weighted by Crippen LogP contribution is -2.28. The molecule has 1 aliphatic carbocycles. The molecule has 1 aromatic rings. The maximum absolute atomic E-state index is 12.4. The first-order valence-corrected chi connectivity index (χ1v) is 8.04. The molecule has 0 heterocycles. The lowest BCUT2D eigenvalue weighted by Gasteiger charge is -2.17. The molecular formula is C15H18F3NO2S. The molecule has 3 nitrogen and oxygen atoms in total. The average molecular weight is 333 g/mol. The van der Waals surface area contributed by atoms with E-state index in [9.17, 15) is 23.1 Å². The molecule has 1 aromatic carbocycles. The maximum atomic E-state index is 12.4. The Labute approximate surface area is 131 Å². The van der Waals surface area contributed by atoms with Gasteiger partial charge in [0.25, 0.3) is 0 Å². The smallest absolute Gasteiger partial charge is 0.392 e. The summed E-state index contributed by atoms with van der Waals surface area (Å²) < 4.78 is 37.1. The van der Waals surface area contributed by atoms with Crippen LogP contribution in [0.3, 0.4) is 0 Å². The van der Waals surface area contributed by atoms with E-state index in [1.165, 1.54) is 0 Å². The summed E-state index contributed by atoms with van der Waals surface area (Å²) in [7, 11) is 0. The Kier molecular flexibility index (Phi) is 5.39. The third kappa shape index (κ3) is 4.64. The average Bonchev–Trinajstić information content (AvgIpc) is 2.83. The molecule has 22 heavy (non-hydrogen) atoms. The predicted molar refractivity (Wildman–Crippen MR) is 79.9 cm³/mol. The minimum Gasteiger partial charge on any atom is -0.392 e. The molecule has 1 saturated carbocycles. The van der Waals surface area contributed by atoms with Gasteiger partial charge in [-0.3, -0.25) is 4.79 Å². The Balaban J connectivity index is 2.11. The molecule has 0 bridgehead atoms. The lowest BCUT2D eigenvalue weighted by molar-refractivity contribution is -0.122. The van der Waals surface area contributed by atoms with Gasteiger partial charge in [-0.25, -0.2) is 0 Å². The standard InChI is InChI=1S/C15H18F3NO2S/c1-9-5-6-13(22-8-15(16,17)18)11(7-9)19-14(21)10-3-2-4-12(10)20/h5-7,10,12,20H,2-4,8H2,1H3,(H,19,21). The Bertz CT molecular complexity index is 548. The molecule has 0 spiro atoms. The summed E-state index contributed by atoms with van der Waals surface area (Å²) in [5, 5.41) is 12.4. The van der Waals surface area contributed by atoms with Gasteiger partial charge in [0.1, 0.15) is 0 Å². The van der Waals surface area contributed by atoms with Gasteiger partial charge in [0.2, 0.25) is 5.91 Å². The summed E-state index contributed by atoms with van der Waals surface area (Å²) >= 11 is 0.646. The molecule has 1 fully saturated rings. The number of hydrogen-bond donors (Lipinski definition) is 2. The van der Waals surface area contributed by atoms with E-state index in [0.717, 1.165) is 12.0 Å². The zero-order chi connectivity index (χ0) is 16.3. The van der Waals surface area contributed by atoms with Crippen molar-refractivity contribution in [3.05, 3.63) is 23.8 Å². The van der Waals surface area contributed by atoms with E-state index in [1.54, 1.807) is 25.1 Å². The molecule has 0 aliphatic heterocycles. The van der Waals surface area contributed by atoms with Crippen LogP contribution in [0.2, 0.25) is 0 Å². The molecular weight excluding hydrogens is 315 g/mol. The van der Waals surface area contributed by atoms with Crippen LogP contribution in [0, 0.1) is 12.8 Å². The second-order valence-electron chi connectivity index (χ2n) is 5.50. The van der Waals surface area contributed by atoms with Crippen molar-refractivity contribution in [2.24, 2.45) is 5.92 Å². The molecule has 2 unspecified atom stereocenters. The highest BCUT2D eigenvalue weighted by Crippen LogP contribution is 2.34. The lowest BCUT2D eigenvalue weighted by atomic mass is 10.1. The quantitative estimate of drug-likeness (QED) is 0.825. The van der Waals surface area contributed by atoms with E-state index in [0.29, 0.717) is 35.2 Å². The topological polar surface area (TPSA) is 49.3 Å². The van der Waals surface area contributed by atoms with Gasteiger partial charge in [-0.1, -0.05) is 6.07 Å². The molecule has 7 heteroatoms. The van der Waals surface area contributed by atoms with Crippen LogP contribution in [0.25, 0.3) is 0 Å². The zero-order valence-corrected chi connectivity index (χ0v) is 12.9. The highest BCUT2D eigenvalue weighted by atomic mass is 32.2.